The van der Waals surface area contributed by atoms with E-state index in [2.05, 4.69) is 0 Å². The molecule has 3 rings (SSSR count). The van der Waals surface area contributed by atoms with Gasteiger partial charge in [-0.05, 0) is 35.7 Å². The third-order valence-electron chi connectivity index (χ3n) is 4.44. The van der Waals surface area contributed by atoms with E-state index in [1.54, 1.807) is 30.3 Å². The van der Waals surface area contributed by atoms with Crippen LogP contribution in [-0.2, 0) is 24.2 Å². The van der Waals surface area contributed by atoms with Crippen LogP contribution in [0.1, 0.15) is 23.6 Å². The van der Waals surface area contributed by atoms with Crippen LogP contribution in [0.25, 0.3) is 0 Å². The lowest BCUT2D eigenvalue weighted by Crippen LogP contribution is -2.29. The number of para-hydroxylation sites is 1. The van der Waals surface area contributed by atoms with Gasteiger partial charge in [-0.1, -0.05) is 73.1 Å². The number of carbonyl (C=O) groups excluding carboxylic acids is 1. The van der Waals surface area contributed by atoms with Crippen LogP contribution in [0.5, 0.6) is 5.75 Å². The maximum Gasteiger partial charge on any atom is 0.255 e. The standard InChI is InChI=1S/C23H22ClNO3/c1-2-18-10-6-7-11-21(18)25(27)23(26)14-19-12-13-20(24)15-22(19)28-16-17-8-4-3-5-9-17/h3-13,15,27H,2,14,16H2,1H3. The zero-order valence-corrected chi connectivity index (χ0v) is 16.4. The molecule has 0 unspecified atom stereocenters. The molecule has 0 aromatic heterocycles. The maximum atomic E-state index is 12.7. The summed E-state index contributed by atoms with van der Waals surface area (Å²) in [4.78, 5) is 12.7. The predicted octanol–water partition coefficient (Wildman–Crippen LogP) is 5.45. The maximum absolute atomic E-state index is 12.7. The summed E-state index contributed by atoms with van der Waals surface area (Å²) in [7, 11) is 0. The van der Waals surface area contributed by atoms with E-state index < -0.39 is 5.91 Å². The number of hydrogen-bond acceptors (Lipinski definition) is 3. The largest absolute Gasteiger partial charge is 0.489 e. The summed E-state index contributed by atoms with van der Waals surface area (Å²) in [5.74, 6) is 0.0923. The molecule has 0 aliphatic heterocycles. The number of halogens is 1. The van der Waals surface area contributed by atoms with Crippen molar-refractivity contribution in [2.45, 2.75) is 26.4 Å². The van der Waals surface area contributed by atoms with E-state index in [1.165, 1.54) is 0 Å². The normalized spacial score (nSPS) is 10.5. The molecule has 0 bridgehead atoms. The first-order chi connectivity index (χ1) is 13.6. The van der Waals surface area contributed by atoms with Crippen LogP contribution in [0, 0.1) is 0 Å². The van der Waals surface area contributed by atoms with Crippen molar-refractivity contribution in [3.8, 4) is 5.75 Å². The van der Waals surface area contributed by atoms with E-state index in [9.17, 15) is 10.0 Å². The van der Waals surface area contributed by atoms with Gasteiger partial charge in [0.2, 0.25) is 0 Å². The van der Waals surface area contributed by atoms with Gasteiger partial charge >= 0.3 is 0 Å². The van der Waals surface area contributed by atoms with Crippen molar-refractivity contribution in [1.29, 1.82) is 0 Å². The van der Waals surface area contributed by atoms with E-state index in [4.69, 9.17) is 16.3 Å². The highest BCUT2D eigenvalue weighted by Crippen LogP contribution is 2.27. The number of anilines is 1. The monoisotopic (exact) mass is 395 g/mol. The molecule has 1 amide bonds. The molecule has 0 saturated heterocycles. The number of rotatable bonds is 7. The molecule has 3 aromatic rings. The molecular weight excluding hydrogens is 374 g/mol. The fraction of sp³-hybridized carbons (Fsp3) is 0.174. The summed E-state index contributed by atoms with van der Waals surface area (Å²) in [5, 5.41) is 11.7. The Labute approximate surface area is 169 Å². The van der Waals surface area contributed by atoms with Crippen LogP contribution >= 0.6 is 11.6 Å². The molecule has 0 saturated carbocycles. The van der Waals surface area contributed by atoms with Crippen LogP contribution < -0.4 is 9.80 Å². The second kappa shape index (κ2) is 9.40. The minimum absolute atomic E-state index is 0.00413. The molecular formula is C23H22ClNO3. The number of ether oxygens (including phenoxy) is 1. The number of benzene rings is 3. The Kier molecular flexibility index (Phi) is 6.69. The van der Waals surface area contributed by atoms with Crippen LogP contribution in [-0.4, -0.2) is 11.1 Å². The third-order valence-corrected chi connectivity index (χ3v) is 4.68. The number of aryl methyl sites for hydroxylation is 1. The van der Waals surface area contributed by atoms with E-state index in [0.29, 0.717) is 40.1 Å². The van der Waals surface area contributed by atoms with Gasteiger partial charge in [0.05, 0.1) is 12.1 Å². The summed E-state index contributed by atoms with van der Waals surface area (Å²) < 4.78 is 5.90. The zero-order chi connectivity index (χ0) is 19.9. The van der Waals surface area contributed by atoms with E-state index in [-0.39, 0.29) is 6.42 Å². The first-order valence-electron chi connectivity index (χ1n) is 9.13. The summed E-state index contributed by atoms with van der Waals surface area (Å²) >= 11 is 6.11. The van der Waals surface area contributed by atoms with Crippen LogP contribution in [0.4, 0.5) is 5.69 Å². The van der Waals surface area contributed by atoms with E-state index >= 15 is 0 Å². The SMILES string of the molecule is CCc1ccccc1N(O)C(=O)Cc1ccc(Cl)cc1OCc1ccccc1. The fourth-order valence-corrected chi connectivity index (χ4v) is 3.09. The van der Waals surface area contributed by atoms with Crippen molar-refractivity contribution < 1.29 is 14.7 Å². The van der Waals surface area contributed by atoms with Gasteiger partial charge in [-0.3, -0.25) is 10.0 Å². The average molecular weight is 396 g/mol. The minimum Gasteiger partial charge on any atom is -0.489 e. The molecule has 3 aromatic carbocycles. The second-order valence-electron chi connectivity index (χ2n) is 6.39. The van der Waals surface area contributed by atoms with Gasteiger partial charge < -0.3 is 4.74 Å². The lowest BCUT2D eigenvalue weighted by molar-refractivity contribution is -0.123. The Bertz CT molecular complexity index is 944. The molecule has 1 N–H and O–H groups in total. The fourth-order valence-electron chi connectivity index (χ4n) is 2.93. The highest BCUT2D eigenvalue weighted by molar-refractivity contribution is 6.30. The van der Waals surface area contributed by atoms with Crippen molar-refractivity contribution in [2.24, 2.45) is 0 Å². The van der Waals surface area contributed by atoms with Crippen LogP contribution in [0.2, 0.25) is 5.02 Å². The number of carbonyl (C=O) groups is 1. The Hall–Kier alpha value is -2.82. The first kappa shape index (κ1) is 19.9. The van der Waals surface area contributed by atoms with Crippen molar-refractivity contribution in [3.05, 3.63) is 94.5 Å². The van der Waals surface area contributed by atoms with Crippen molar-refractivity contribution in [1.82, 2.24) is 0 Å². The van der Waals surface area contributed by atoms with Gasteiger partial charge in [-0.2, -0.15) is 5.06 Å². The van der Waals surface area contributed by atoms with E-state index in [1.807, 2.05) is 49.4 Å². The molecule has 0 fully saturated rings. The molecule has 144 valence electrons. The first-order valence-corrected chi connectivity index (χ1v) is 9.51. The minimum atomic E-state index is -0.437. The van der Waals surface area contributed by atoms with Crippen molar-refractivity contribution >= 4 is 23.2 Å². The molecule has 0 aliphatic carbocycles. The number of nitrogens with zero attached hydrogens (tertiary/aromatic N) is 1. The molecule has 0 spiro atoms. The van der Waals surface area contributed by atoms with Crippen molar-refractivity contribution in [2.75, 3.05) is 5.06 Å². The van der Waals surface area contributed by atoms with Gasteiger partial charge in [0, 0.05) is 10.6 Å². The Morgan fingerprint density at radius 1 is 1.00 bits per heavy atom. The van der Waals surface area contributed by atoms with Crippen molar-refractivity contribution in [3.63, 3.8) is 0 Å². The van der Waals surface area contributed by atoms with Crippen LogP contribution in [0.15, 0.2) is 72.8 Å². The number of hydroxylamine groups is 1. The second-order valence-corrected chi connectivity index (χ2v) is 6.83. The predicted molar refractivity (Wildman–Crippen MR) is 111 cm³/mol. The van der Waals surface area contributed by atoms with Gasteiger partial charge in [0.15, 0.2) is 0 Å². The third kappa shape index (κ3) is 4.91. The zero-order valence-electron chi connectivity index (χ0n) is 15.6. The molecule has 28 heavy (non-hydrogen) atoms. The quantitative estimate of drug-likeness (QED) is 0.427. The summed E-state index contributed by atoms with van der Waals surface area (Å²) in [6, 6.07) is 22.2. The van der Waals surface area contributed by atoms with Gasteiger partial charge in [0.25, 0.3) is 5.91 Å². The Balaban J connectivity index is 1.76. The Morgan fingerprint density at radius 2 is 1.71 bits per heavy atom. The molecule has 0 atom stereocenters. The molecule has 4 nitrogen and oxygen atoms in total. The lowest BCUT2D eigenvalue weighted by atomic mass is 10.1. The molecule has 0 radical (unpaired) electrons. The highest BCUT2D eigenvalue weighted by atomic mass is 35.5. The molecule has 0 heterocycles. The topological polar surface area (TPSA) is 49.8 Å². The average Bonchev–Trinajstić information content (AvgIpc) is 2.74. The van der Waals surface area contributed by atoms with E-state index in [0.717, 1.165) is 11.1 Å². The molecule has 0 aliphatic rings. The Morgan fingerprint density at radius 3 is 2.46 bits per heavy atom. The van der Waals surface area contributed by atoms with Gasteiger partial charge in [-0.25, -0.2) is 0 Å². The summed E-state index contributed by atoms with van der Waals surface area (Å²) in [5.41, 5.74) is 3.07. The molecule has 5 heteroatoms. The van der Waals surface area contributed by atoms with Crippen LogP contribution in [0.3, 0.4) is 0 Å². The smallest absolute Gasteiger partial charge is 0.255 e. The lowest BCUT2D eigenvalue weighted by Gasteiger charge is -2.19. The number of amides is 1. The highest BCUT2D eigenvalue weighted by Gasteiger charge is 2.18. The summed E-state index contributed by atoms with van der Waals surface area (Å²) in [6.07, 6.45) is 0.711. The van der Waals surface area contributed by atoms with Gasteiger partial charge in [-0.15, -0.1) is 0 Å². The van der Waals surface area contributed by atoms with Gasteiger partial charge in [0.1, 0.15) is 12.4 Å². The number of hydrogen-bond donors (Lipinski definition) is 1. The summed E-state index contributed by atoms with van der Waals surface area (Å²) in [6.45, 7) is 2.34.